The number of hydrogen-bond acceptors (Lipinski definition) is 6. The van der Waals surface area contributed by atoms with Crippen LogP contribution in [0.1, 0.15) is 33.6 Å². The van der Waals surface area contributed by atoms with E-state index in [-0.39, 0.29) is 0 Å². The summed E-state index contributed by atoms with van der Waals surface area (Å²) < 4.78 is 12.3. The zero-order chi connectivity index (χ0) is 18.1. The summed E-state index contributed by atoms with van der Waals surface area (Å²) in [7, 11) is 0. The van der Waals surface area contributed by atoms with Gasteiger partial charge in [-0.05, 0) is 33.6 Å². The van der Waals surface area contributed by atoms with Crippen molar-refractivity contribution in [2.75, 3.05) is 52.5 Å². The lowest BCUT2D eigenvalue weighted by Crippen LogP contribution is -2.65. The van der Waals surface area contributed by atoms with Crippen molar-refractivity contribution >= 4 is 0 Å². The minimum atomic E-state index is 0.392. The van der Waals surface area contributed by atoms with Gasteiger partial charge in [0, 0.05) is 69.4 Å². The number of piperidine rings is 2. The second-order valence-electron chi connectivity index (χ2n) is 8.99. The summed E-state index contributed by atoms with van der Waals surface area (Å²) in [6, 6.07) is 2.25. The van der Waals surface area contributed by atoms with Gasteiger partial charge in [-0.25, -0.2) is 0 Å². The maximum absolute atomic E-state index is 6.32. The van der Waals surface area contributed by atoms with Gasteiger partial charge in [-0.3, -0.25) is 9.80 Å². The van der Waals surface area contributed by atoms with Crippen molar-refractivity contribution in [3.05, 3.63) is 0 Å². The summed E-state index contributed by atoms with van der Waals surface area (Å²) in [5.74, 6) is 0.610. The van der Waals surface area contributed by atoms with E-state index in [4.69, 9.17) is 9.47 Å². The van der Waals surface area contributed by atoms with Gasteiger partial charge in [0.25, 0.3) is 0 Å². The van der Waals surface area contributed by atoms with E-state index in [9.17, 15) is 0 Å². The Morgan fingerprint density at radius 3 is 2.81 bits per heavy atom. The molecule has 0 aliphatic carbocycles. The fraction of sp³-hybridized carbons (Fsp3) is 1.00. The lowest BCUT2D eigenvalue weighted by molar-refractivity contribution is -0.122. The summed E-state index contributed by atoms with van der Waals surface area (Å²) in [4.78, 5) is 5.32. The maximum Gasteiger partial charge on any atom is 0.0784 e. The molecule has 6 atom stereocenters. The predicted molar refractivity (Wildman–Crippen MR) is 104 cm³/mol. The third kappa shape index (κ3) is 3.96. The molecule has 150 valence electrons. The largest absolute Gasteiger partial charge is 0.375 e. The van der Waals surface area contributed by atoms with Crippen molar-refractivity contribution in [2.45, 2.75) is 70.0 Å². The molecule has 0 aromatic carbocycles. The Bertz CT molecular complexity index is 463. The van der Waals surface area contributed by atoms with Crippen LogP contribution < -0.4 is 10.6 Å². The van der Waals surface area contributed by atoms with Crippen molar-refractivity contribution in [3.63, 3.8) is 0 Å². The van der Waals surface area contributed by atoms with Crippen molar-refractivity contribution in [1.29, 1.82) is 0 Å². The zero-order valence-corrected chi connectivity index (χ0v) is 16.8. The summed E-state index contributed by atoms with van der Waals surface area (Å²) in [5, 5.41) is 7.36. The van der Waals surface area contributed by atoms with E-state index in [1.165, 1.54) is 6.42 Å². The second-order valence-corrected chi connectivity index (χ2v) is 8.99. The Morgan fingerprint density at radius 2 is 1.96 bits per heavy atom. The van der Waals surface area contributed by atoms with Gasteiger partial charge in [0.1, 0.15) is 0 Å². The number of rotatable bonds is 4. The van der Waals surface area contributed by atoms with Crippen molar-refractivity contribution in [1.82, 2.24) is 20.4 Å². The maximum atomic E-state index is 6.32. The number of fused-ring (bicyclic) bond motifs is 2. The molecule has 6 nitrogen and oxygen atoms in total. The molecule has 6 heteroatoms. The molecular formula is C20H38N4O2. The van der Waals surface area contributed by atoms with Crippen molar-refractivity contribution in [2.24, 2.45) is 5.92 Å². The van der Waals surface area contributed by atoms with Crippen molar-refractivity contribution in [3.8, 4) is 0 Å². The number of nitrogens with zero attached hydrogens (tertiary/aromatic N) is 2. The highest BCUT2D eigenvalue weighted by Crippen LogP contribution is 2.30. The molecule has 0 aromatic rings. The number of likely N-dealkylation sites (tertiary alicyclic amines) is 1. The normalized spacial score (nSPS) is 40.8. The minimum absolute atomic E-state index is 0.392. The van der Waals surface area contributed by atoms with Crippen LogP contribution in [-0.2, 0) is 9.47 Å². The van der Waals surface area contributed by atoms with Gasteiger partial charge < -0.3 is 20.1 Å². The third-order valence-corrected chi connectivity index (χ3v) is 7.04. The number of morpholine rings is 2. The first-order valence-corrected chi connectivity index (χ1v) is 10.8. The first-order chi connectivity index (χ1) is 12.6. The average molecular weight is 367 g/mol. The fourth-order valence-electron chi connectivity index (χ4n) is 5.63. The third-order valence-electron chi connectivity index (χ3n) is 7.04. The molecule has 0 bridgehead atoms. The van der Waals surface area contributed by atoms with Gasteiger partial charge >= 0.3 is 0 Å². The Morgan fingerprint density at radius 1 is 1.08 bits per heavy atom. The monoisotopic (exact) mass is 366 g/mol. The molecule has 0 amide bonds. The molecule has 4 fully saturated rings. The Hall–Kier alpha value is -0.240. The van der Waals surface area contributed by atoms with E-state index in [0.717, 1.165) is 58.9 Å². The highest BCUT2D eigenvalue weighted by atomic mass is 16.5. The van der Waals surface area contributed by atoms with Crippen LogP contribution in [0, 0.1) is 5.92 Å². The molecule has 4 aliphatic heterocycles. The predicted octanol–water partition coefficient (Wildman–Crippen LogP) is 0.525. The Labute approximate surface area is 158 Å². The number of ether oxygens (including phenoxy) is 2. The molecule has 6 unspecified atom stereocenters. The van der Waals surface area contributed by atoms with E-state index in [0.29, 0.717) is 42.3 Å². The standard InChI is InChI=1S/C20H38N4O2/c1-14(2)24-7-9-26-20-16(11-21-12-18(20)24)10-15(3)23-6-4-19-17(13-23)22-5-8-25-19/h14-22H,4-13H2,1-3H3. The van der Waals surface area contributed by atoms with Gasteiger partial charge in [0.15, 0.2) is 0 Å². The van der Waals surface area contributed by atoms with E-state index in [1.54, 1.807) is 0 Å². The van der Waals surface area contributed by atoms with Gasteiger partial charge in [-0.15, -0.1) is 0 Å². The molecule has 2 N–H and O–H groups in total. The zero-order valence-electron chi connectivity index (χ0n) is 16.8. The second kappa shape index (κ2) is 8.41. The number of hydrogen-bond donors (Lipinski definition) is 2. The van der Waals surface area contributed by atoms with Crippen LogP contribution in [-0.4, -0.2) is 98.7 Å². The molecule has 26 heavy (non-hydrogen) atoms. The minimum Gasteiger partial charge on any atom is -0.375 e. The lowest BCUT2D eigenvalue weighted by Gasteiger charge is -2.50. The van der Waals surface area contributed by atoms with E-state index < -0.39 is 0 Å². The molecule has 0 radical (unpaired) electrons. The van der Waals surface area contributed by atoms with Crippen LogP contribution >= 0.6 is 0 Å². The summed E-state index contributed by atoms with van der Waals surface area (Å²) in [6.07, 6.45) is 3.20. The fourth-order valence-corrected chi connectivity index (χ4v) is 5.63. The molecule has 0 saturated carbocycles. The summed E-state index contributed by atoms with van der Waals surface area (Å²) in [5.41, 5.74) is 0. The van der Waals surface area contributed by atoms with Gasteiger partial charge in [0.2, 0.25) is 0 Å². The van der Waals surface area contributed by atoms with E-state index in [2.05, 4.69) is 41.2 Å². The lowest BCUT2D eigenvalue weighted by atomic mass is 9.84. The van der Waals surface area contributed by atoms with Crippen molar-refractivity contribution < 1.29 is 9.47 Å². The molecule has 4 heterocycles. The van der Waals surface area contributed by atoms with Gasteiger partial charge in [-0.2, -0.15) is 0 Å². The first kappa shape index (κ1) is 19.1. The van der Waals surface area contributed by atoms with E-state index in [1.807, 2.05) is 0 Å². The van der Waals surface area contributed by atoms with E-state index >= 15 is 0 Å². The number of nitrogens with one attached hydrogen (secondary N) is 2. The molecule has 0 aromatic heterocycles. The molecule has 0 spiro atoms. The molecule has 4 aliphatic rings. The van der Waals surface area contributed by atoms with Crippen LogP contribution in [0.2, 0.25) is 0 Å². The first-order valence-electron chi connectivity index (χ1n) is 10.8. The molecule has 4 saturated heterocycles. The Kier molecular flexibility index (Phi) is 6.18. The van der Waals surface area contributed by atoms with Crippen LogP contribution in [0.4, 0.5) is 0 Å². The van der Waals surface area contributed by atoms with Crippen LogP contribution in [0.3, 0.4) is 0 Å². The molecular weight excluding hydrogens is 328 g/mol. The van der Waals surface area contributed by atoms with Crippen LogP contribution in [0.25, 0.3) is 0 Å². The highest BCUT2D eigenvalue weighted by Gasteiger charge is 2.42. The van der Waals surface area contributed by atoms with Gasteiger partial charge in [0.05, 0.1) is 25.4 Å². The van der Waals surface area contributed by atoms with Crippen LogP contribution in [0.5, 0.6) is 0 Å². The Balaban J connectivity index is 1.35. The highest BCUT2D eigenvalue weighted by molar-refractivity contribution is 4.97. The average Bonchev–Trinajstić information content (AvgIpc) is 2.67. The summed E-state index contributed by atoms with van der Waals surface area (Å²) >= 11 is 0. The van der Waals surface area contributed by atoms with Gasteiger partial charge in [-0.1, -0.05) is 0 Å². The molecule has 4 rings (SSSR count). The van der Waals surface area contributed by atoms with Crippen LogP contribution in [0.15, 0.2) is 0 Å². The summed E-state index contributed by atoms with van der Waals surface area (Å²) in [6.45, 7) is 15.3. The SMILES string of the molecule is CC(CC1CNCC2C1OCCN2C(C)C)N1CCC2OCCNC2C1. The topological polar surface area (TPSA) is 49.0 Å². The quantitative estimate of drug-likeness (QED) is 0.757. The smallest absolute Gasteiger partial charge is 0.0784 e.